The number of aliphatic carboxylic acids is 1. The normalized spacial score (nSPS) is 11.3. The summed E-state index contributed by atoms with van der Waals surface area (Å²) in [7, 11) is 0. The number of rotatable bonds is 7. The fraction of sp³-hybridized carbons (Fsp3) is 0.217. The molecule has 5 nitrogen and oxygen atoms in total. The highest BCUT2D eigenvalue weighted by Gasteiger charge is 2.30. The first-order valence-corrected chi connectivity index (χ1v) is 10.1. The van der Waals surface area contributed by atoms with Crippen LogP contribution in [0.5, 0.6) is 5.75 Å². The summed E-state index contributed by atoms with van der Waals surface area (Å²) >= 11 is 12.0. The van der Waals surface area contributed by atoms with E-state index in [9.17, 15) is 14.7 Å². The zero-order chi connectivity index (χ0) is 21.9. The molecule has 0 spiro atoms. The minimum Gasteiger partial charge on any atom is -0.492 e. The van der Waals surface area contributed by atoms with Crippen molar-refractivity contribution in [3.8, 4) is 5.75 Å². The fourth-order valence-corrected chi connectivity index (χ4v) is 3.27. The van der Waals surface area contributed by atoms with Gasteiger partial charge in [0.25, 0.3) is 5.91 Å². The van der Waals surface area contributed by atoms with Gasteiger partial charge in [-0.05, 0) is 43.0 Å². The number of hydrogen-bond donors (Lipinski definition) is 2. The summed E-state index contributed by atoms with van der Waals surface area (Å²) < 4.78 is 6.04. The zero-order valence-corrected chi connectivity index (χ0v) is 18.1. The Labute approximate surface area is 184 Å². The highest BCUT2D eigenvalue weighted by Crippen LogP contribution is 2.31. The summed E-state index contributed by atoms with van der Waals surface area (Å²) in [5.41, 5.74) is -0.195. The summed E-state index contributed by atoms with van der Waals surface area (Å²) in [4.78, 5) is 24.3. The second-order valence-corrected chi connectivity index (χ2v) is 8.21. The minimum atomic E-state index is -1.42. The molecule has 30 heavy (non-hydrogen) atoms. The molecule has 0 saturated carbocycles. The standard InChI is InChI=1S/C23H21Cl2NO4/c1-23(2,22(28)29)26-21(27)17-9-8-15-5-3-4-6-16(15)20(17)30-12-11-14-7-10-18(24)19(25)13-14/h3-10,13H,11-12H2,1-2H3,(H,26,27)(H,28,29). The second-order valence-electron chi connectivity index (χ2n) is 7.39. The molecular weight excluding hydrogens is 425 g/mol. The van der Waals surface area contributed by atoms with Gasteiger partial charge in [0, 0.05) is 11.8 Å². The van der Waals surface area contributed by atoms with E-state index >= 15 is 0 Å². The molecule has 0 unspecified atom stereocenters. The van der Waals surface area contributed by atoms with Crippen molar-refractivity contribution in [2.75, 3.05) is 6.61 Å². The predicted molar refractivity (Wildman–Crippen MR) is 119 cm³/mol. The molecule has 0 atom stereocenters. The van der Waals surface area contributed by atoms with Crippen molar-refractivity contribution in [1.29, 1.82) is 0 Å². The molecule has 0 aliphatic heterocycles. The lowest BCUT2D eigenvalue weighted by Crippen LogP contribution is -2.49. The smallest absolute Gasteiger partial charge is 0.328 e. The van der Waals surface area contributed by atoms with E-state index in [0.717, 1.165) is 16.3 Å². The van der Waals surface area contributed by atoms with Crippen molar-refractivity contribution in [2.24, 2.45) is 0 Å². The second kappa shape index (κ2) is 8.94. The number of carbonyl (C=O) groups excluding carboxylic acids is 1. The number of fused-ring (bicyclic) bond motifs is 1. The molecule has 0 heterocycles. The number of halogens is 2. The van der Waals surface area contributed by atoms with Crippen LogP contribution in [0.15, 0.2) is 54.6 Å². The van der Waals surface area contributed by atoms with Crippen LogP contribution in [0, 0.1) is 0 Å². The average Bonchev–Trinajstić information content (AvgIpc) is 2.70. The molecule has 3 aromatic rings. The van der Waals surface area contributed by atoms with Crippen molar-refractivity contribution in [2.45, 2.75) is 25.8 Å². The van der Waals surface area contributed by atoms with E-state index < -0.39 is 17.4 Å². The molecule has 7 heteroatoms. The van der Waals surface area contributed by atoms with Crippen molar-refractivity contribution in [3.63, 3.8) is 0 Å². The van der Waals surface area contributed by atoms with Gasteiger partial charge in [0.2, 0.25) is 0 Å². The first kappa shape index (κ1) is 21.9. The van der Waals surface area contributed by atoms with E-state index in [1.807, 2.05) is 36.4 Å². The molecule has 2 N–H and O–H groups in total. The Balaban J connectivity index is 1.88. The van der Waals surface area contributed by atoms with Crippen molar-refractivity contribution >= 4 is 45.9 Å². The Morgan fingerprint density at radius 3 is 2.47 bits per heavy atom. The van der Waals surface area contributed by atoms with Gasteiger partial charge in [0.15, 0.2) is 0 Å². The maximum atomic E-state index is 12.9. The Bertz CT molecular complexity index is 1110. The van der Waals surface area contributed by atoms with Gasteiger partial charge in [-0.2, -0.15) is 0 Å². The molecule has 3 aromatic carbocycles. The summed E-state index contributed by atoms with van der Waals surface area (Å²) in [6.07, 6.45) is 0.557. The maximum absolute atomic E-state index is 12.9. The van der Waals surface area contributed by atoms with Crippen LogP contribution in [-0.2, 0) is 11.2 Å². The highest BCUT2D eigenvalue weighted by molar-refractivity contribution is 6.42. The third-order valence-corrected chi connectivity index (χ3v) is 5.45. The molecule has 0 radical (unpaired) electrons. The molecule has 1 amide bonds. The van der Waals surface area contributed by atoms with Gasteiger partial charge in [-0.25, -0.2) is 4.79 Å². The van der Waals surface area contributed by atoms with Gasteiger partial charge in [-0.3, -0.25) is 4.79 Å². The van der Waals surface area contributed by atoms with Gasteiger partial charge in [0.05, 0.1) is 22.2 Å². The lowest BCUT2D eigenvalue weighted by Gasteiger charge is -2.22. The van der Waals surface area contributed by atoms with E-state index in [-0.39, 0.29) is 5.56 Å². The summed E-state index contributed by atoms with van der Waals surface area (Å²) in [5.74, 6) is -1.23. The molecule has 0 aliphatic carbocycles. The number of carboxylic acids is 1. The minimum absolute atomic E-state index is 0.275. The quantitative estimate of drug-likeness (QED) is 0.512. The van der Waals surface area contributed by atoms with Crippen molar-refractivity contribution in [1.82, 2.24) is 5.32 Å². The SMILES string of the molecule is CC(C)(NC(=O)c1ccc2ccccc2c1OCCc1ccc(Cl)c(Cl)c1)C(=O)O. The van der Waals surface area contributed by atoms with E-state index in [2.05, 4.69) is 5.32 Å². The molecule has 0 bridgehead atoms. The molecule has 156 valence electrons. The summed E-state index contributed by atoms with van der Waals surface area (Å²) in [6.45, 7) is 3.16. The topological polar surface area (TPSA) is 75.6 Å². The fourth-order valence-electron chi connectivity index (χ4n) is 2.95. The summed E-state index contributed by atoms with van der Waals surface area (Å²) in [5, 5.41) is 14.5. The third kappa shape index (κ3) is 4.86. The lowest BCUT2D eigenvalue weighted by atomic mass is 10.0. The van der Waals surface area contributed by atoms with Crippen LogP contribution in [0.25, 0.3) is 10.8 Å². The van der Waals surface area contributed by atoms with Crippen LogP contribution >= 0.6 is 23.2 Å². The van der Waals surface area contributed by atoms with Crippen molar-refractivity contribution in [3.05, 3.63) is 75.8 Å². The maximum Gasteiger partial charge on any atom is 0.328 e. The number of hydrogen-bond acceptors (Lipinski definition) is 3. The Hall–Kier alpha value is -2.76. The largest absolute Gasteiger partial charge is 0.492 e. The predicted octanol–water partition coefficient (Wildman–Crippen LogP) is 5.36. The molecule has 0 fully saturated rings. The lowest BCUT2D eigenvalue weighted by molar-refractivity contribution is -0.143. The van der Waals surface area contributed by atoms with E-state index in [1.165, 1.54) is 13.8 Å². The molecule has 0 aromatic heterocycles. The summed E-state index contributed by atoms with van der Waals surface area (Å²) in [6, 6.07) is 16.4. The Kier molecular flexibility index (Phi) is 6.54. The van der Waals surface area contributed by atoms with Crippen LogP contribution in [0.4, 0.5) is 0 Å². The van der Waals surface area contributed by atoms with Gasteiger partial charge in [0.1, 0.15) is 11.3 Å². The van der Waals surface area contributed by atoms with Gasteiger partial charge >= 0.3 is 5.97 Å². The van der Waals surface area contributed by atoms with E-state index in [4.69, 9.17) is 27.9 Å². The zero-order valence-electron chi connectivity index (χ0n) is 16.5. The molecule has 0 saturated heterocycles. The number of nitrogens with one attached hydrogen (secondary N) is 1. The Morgan fingerprint density at radius 2 is 1.77 bits per heavy atom. The third-order valence-electron chi connectivity index (χ3n) is 4.71. The number of carboxylic acid groups (broad SMARTS) is 1. The van der Waals surface area contributed by atoms with Crippen LogP contribution in [0.3, 0.4) is 0 Å². The molecule has 3 rings (SSSR count). The van der Waals surface area contributed by atoms with Crippen LogP contribution in [-0.4, -0.2) is 29.1 Å². The van der Waals surface area contributed by atoms with Crippen LogP contribution in [0.2, 0.25) is 10.0 Å². The van der Waals surface area contributed by atoms with Crippen LogP contribution in [0.1, 0.15) is 29.8 Å². The Morgan fingerprint density at radius 1 is 1.03 bits per heavy atom. The van der Waals surface area contributed by atoms with Gasteiger partial charge in [-0.15, -0.1) is 0 Å². The monoisotopic (exact) mass is 445 g/mol. The molecular formula is C23H21Cl2NO4. The van der Waals surface area contributed by atoms with Crippen LogP contribution < -0.4 is 10.1 Å². The van der Waals surface area contributed by atoms with Gasteiger partial charge < -0.3 is 15.2 Å². The van der Waals surface area contributed by atoms with E-state index in [0.29, 0.717) is 28.8 Å². The average molecular weight is 446 g/mol. The first-order valence-electron chi connectivity index (χ1n) is 9.33. The first-order chi connectivity index (χ1) is 14.2. The number of carbonyl (C=O) groups is 2. The highest BCUT2D eigenvalue weighted by atomic mass is 35.5. The van der Waals surface area contributed by atoms with E-state index in [1.54, 1.807) is 18.2 Å². The van der Waals surface area contributed by atoms with Crippen molar-refractivity contribution < 1.29 is 19.4 Å². The van der Waals surface area contributed by atoms with Gasteiger partial charge in [-0.1, -0.05) is 59.6 Å². The number of ether oxygens (including phenoxy) is 1. The molecule has 0 aliphatic rings. The number of amides is 1. The number of benzene rings is 3.